The molecular formula is C23H24N2O2. The number of aromatic nitrogens is 1. The van der Waals surface area contributed by atoms with Gasteiger partial charge in [-0.15, -0.1) is 0 Å². The highest BCUT2D eigenvalue weighted by Crippen LogP contribution is 2.21. The molecule has 0 spiro atoms. The number of aryl methyl sites for hydroxylation is 2. The van der Waals surface area contributed by atoms with Crippen LogP contribution in [-0.4, -0.2) is 17.0 Å². The van der Waals surface area contributed by atoms with Crippen molar-refractivity contribution in [1.82, 2.24) is 4.57 Å². The smallest absolute Gasteiger partial charge is 0.259 e. The van der Waals surface area contributed by atoms with Crippen LogP contribution in [0.3, 0.4) is 0 Å². The Balaban J connectivity index is 1.93. The zero-order valence-corrected chi connectivity index (χ0v) is 16.0. The summed E-state index contributed by atoms with van der Waals surface area (Å²) in [6.07, 6.45) is 1.66. The highest BCUT2D eigenvalue weighted by Gasteiger charge is 2.18. The first-order valence-electron chi connectivity index (χ1n) is 9.13. The van der Waals surface area contributed by atoms with Gasteiger partial charge in [-0.1, -0.05) is 48.0 Å². The molecule has 1 heterocycles. The Hall–Kier alpha value is -3.14. The average Bonchev–Trinajstić information content (AvgIpc) is 2.65. The Morgan fingerprint density at radius 1 is 1.00 bits per heavy atom. The highest BCUT2D eigenvalue weighted by atomic mass is 16.2. The molecule has 27 heavy (non-hydrogen) atoms. The Morgan fingerprint density at radius 3 is 2.48 bits per heavy atom. The Kier molecular flexibility index (Phi) is 5.55. The predicted molar refractivity (Wildman–Crippen MR) is 110 cm³/mol. The van der Waals surface area contributed by atoms with Crippen molar-refractivity contribution in [3.05, 3.63) is 99.5 Å². The summed E-state index contributed by atoms with van der Waals surface area (Å²) in [6.45, 7) is 6.96. The second kappa shape index (κ2) is 8.04. The van der Waals surface area contributed by atoms with Gasteiger partial charge in [0, 0.05) is 24.5 Å². The number of amides is 1. The highest BCUT2D eigenvalue weighted by molar-refractivity contribution is 6.06. The van der Waals surface area contributed by atoms with Crippen LogP contribution in [-0.2, 0) is 6.54 Å². The first kappa shape index (κ1) is 18.6. The number of carbonyl (C=O) groups excluding carboxylic acids is 1. The number of hydrogen-bond acceptors (Lipinski definition) is 2. The maximum atomic E-state index is 13.1. The van der Waals surface area contributed by atoms with Crippen LogP contribution in [0, 0.1) is 13.8 Å². The van der Waals surface area contributed by atoms with E-state index in [4.69, 9.17) is 0 Å². The molecule has 0 atom stereocenters. The fraction of sp³-hybridized carbons (Fsp3) is 0.217. The van der Waals surface area contributed by atoms with Crippen molar-refractivity contribution >= 4 is 11.6 Å². The van der Waals surface area contributed by atoms with Crippen molar-refractivity contribution in [3.63, 3.8) is 0 Å². The summed E-state index contributed by atoms with van der Waals surface area (Å²) in [5, 5.41) is 0. The molecule has 0 aliphatic heterocycles. The molecular weight excluding hydrogens is 336 g/mol. The molecule has 2 aromatic carbocycles. The number of nitrogens with zero attached hydrogens (tertiary/aromatic N) is 2. The monoisotopic (exact) mass is 360 g/mol. The van der Waals surface area contributed by atoms with Gasteiger partial charge in [-0.3, -0.25) is 9.59 Å². The van der Waals surface area contributed by atoms with Crippen molar-refractivity contribution in [1.29, 1.82) is 0 Å². The van der Waals surface area contributed by atoms with E-state index in [0.29, 0.717) is 18.7 Å². The Labute approximate surface area is 159 Å². The van der Waals surface area contributed by atoms with Gasteiger partial charge in [0.2, 0.25) is 0 Å². The molecule has 0 N–H and O–H groups in total. The molecule has 0 radical (unpaired) electrons. The SMILES string of the molecule is CCN(C(=O)c1ccc(=O)n(Cc2cccc(C)c2)c1)c1ccccc1C. The minimum absolute atomic E-state index is 0.107. The van der Waals surface area contributed by atoms with Crippen LogP contribution in [0.25, 0.3) is 0 Å². The van der Waals surface area contributed by atoms with Gasteiger partial charge in [0.15, 0.2) is 0 Å². The maximum absolute atomic E-state index is 13.1. The summed E-state index contributed by atoms with van der Waals surface area (Å²) in [5.74, 6) is -0.107. The number of rotatable bonds is 5. The third kappa shape index (κ3) is 4.17. The number of para-hydroxylation sites is 1. The molecule has 0 unspecified atom stereocenters. The lowest BCUT2D eigenvalue weighted by molar-refractivity contribution is 0.0987. The second-order valence-corrected chi connectivity index (χ2v) is 6.71. The minimum Gasteiger partial charge on any atom is -0.310 e. The standard InChI is InChI=1S/C23H24N2O2/c1-4-25(21-11-6-5-9-18(21)3)23(27)20-12-13-22(26)24(16-20)15-19-10-7-8-17(2)14-19/h5-14,16H,4,15H2,1-3H3. The van der Waals surface area contributed by atoms with E-state index in [-0.39, 0.29) is 11.5 Å². The third-order valence-electron chi connectivity index (χ3n) is 4.63. The molecule has 0 saturated heterocycles. The fourth-order valence-electron chi connectivity index (χ4n) is 3.23. The van der Waals surface area contributed by atoms with Gasteiger partial charge in [-0.25, -0.2) is 0 Å². The van der Waals surface area contributed by atoms with Gasteiger partial charge >= 0.3 is 0 Å². The molecule has 0 aliphatic carbocycles. The average molecular weight is 360 g/mol. The lowest BCUT2D eigenvalue weighted by Crippen LogP contribution is -2.32. The summed E-state index contributed by atoms with van der Waals surface area (Å²) in [5.41, 5.74) is 4.50. The molecule has 4 heteroatoms. The van der Waals surface area contributed by atoms with E-state index in [1.54, 1.807) is 21.7 Å². The van der Waals surface area contributed by atoms with E-state index in [9.17, 15) is 9.59 Å². The van der Waals surface area contributed by atoms with Crippen LogP contribution < -0.4 is 10.5 Å². The third-order valence-corrected chi connectivity index (χ3v) is 4.63. The van der Waals surface area contributed by atoms with Gasteiger partial charge in [0.05, 0.1) is 12.1 Å². The second-order valence-electron chi connectivity index (χ2n) is 6.71. The van der Waals surface area contributed by atoms with E-state index in [1.807, 2.05) is 69.3 Å². The van der Waals surface area contributed by atoms with Crippen LogP contribution in [0.15, 0.2) is 71.7 Å². The summed E-state index contributed by atoms with van der Waals surface area (Å²) in [7, 11) is 0. The number of carbonyl (C=O) groups is 1. The van der Waals surface area contributed by atoms with Gasteiger partial charge in [-0.05, 0) is 44.0 Å². The van der Waals surface area contributed by atoms with Crippen molar-refractivity contribution in [2.75, 3.05) is 11.4 Å². The zero-order valence-electron chi connectivity index (χ0n) is 16.0. The van der Waals surface area contributed by atoms with Crippen LogP contribution in [0.1, 0.15) is 34.0 Å². The predicted octanol–water partition coefficient (Wildman–Crippen LogP) is 4.18. The summed E-state index contributed by atoms with van der Waals surface area (Å²) in [6, 6.07) is 18.9. The largest absolute Gasteiger partial charge is 0.310 e. The van der Waals surface area contributed by atoms with Crippen molar-refractivity contribution < 1.29 is 4.79 Å². The molecule has 1 amide bonds. The van der Waals surface area contributed by atoms with Crippen molar-refractivity contribution in [3.8, 4) is 0 Å². The van der Waals surface area contributed by atoms with Crippen LogP contribution in [0.4, 0.5) is 5.69 Å². The molecule has 0 aliphatic rings. The Morgan fingerprint density at radius 2 is 1.78 bits per heavy atom. The molecule has 138 valence electrons. The molecule has 3 rings (SSSR count). The van der Waals surface area contributed by atoms with Gasteiger partial charge in [-0.2, -0.15) is 0 Å². The van der Waals surface area contributed by atoms with E-state index < -0.39 is 0 Å². The van der Waals surface area contributed by atoms with Gasteiger partial charge < -0.3 is 9.47 Å². The van der Waals surface area contributed by atoms with Crippen molar-refractivity contribution in [2.24, 2.45) is 0 Å². The summed E-state index contributed by atoms with van der Waals surface area (Å²) < 4.78 is 1.59. The van der Waals surface area contributed by atoms with Crippen molar-refractivity contribution in [2.45, 2.75) is 27.3 Å². The van der Waals surface area contributed by atoms with Crippen LogP contribution in [0.2, 0.25) is 0 Å². The molecule has 3 aromatic rings. The molecule has 0 fully saturated rings. The lowest BCUT2D eigenvalue weighted by Gasteiger charge is -2.23. The number of hydrogen-bond donors (Lipinski definition) is 0. The normalized spacial score (nSPS) is 10.6. The molecule has 0 saturated carbocycles. The van der Waals surface area contributed by atoms with E-state index in [1.165, 1.54) is 6.07 Å². The topological polar surface area (TPSA) is 42.3 Å². The quantitative estimate of drug-likeness (QED) is 0.685. The Bertz CT molecular complexity index is 1020. The van der Waals surface area contributed by atoms with Gasteiger partial charge in [0.25, 0.3) is 11.5 Å². The van der Waals surface area contributed by atoms with Crippen LogP contribution in [0.5, 0.6) is 0 Å². The number of benzene rings is 2. The molecule has 1 aromatic heterocycles. The maximum Gasteiger partial charge on any atom is 0.259 e. The first-order chi connectivity index (χ1) is 13.0. The zero-order chi connectivity index (χ0) is 19.4. The number of pyridine rings is 1. The van der Waals surface area contributed by atoms with Crippen LogP contribution >= 0.6 is 0 Å². The minimum atomic E-state index is -0.119. The van der Waals surface area contributed by atoms with Gasteiger partial charge in [0.1, 0.15) is 0 Å². The summed E-state index contributed by atoms with van der Waals surface area (Å²) >= 11 is 0. The summed E-state index contributed by atoms with van der Waals surface area (Å²) in [4.78, 5) is 27.1. The molecule has 4 nitrogen and oxygen atoms in total. The number of anilines is 1. The van der Waals surface area contributed by atoms with E-state index in [0.717, 1.165) is 22.4 Å². The first-order valence-corrected chi connectivity index (χ1v) is 9.13. The fourth-order valence-corrected chi connectivity index (χ4v) is 3.23. The lowest BCUT2D eigenvalue weighted by atomic mass is 10.1. The van der Waals surface area contributed by atoms with E-state index >= 15 is 0 Å². The molecule has 0 bridgehead atoms. The van der Waals surface area contributed by atoms with E-state index in [2.05, 4.69) is 0 Å².